The van der Waals surface area contributed by atoms with Crippen LogP contribution in [0, 0.1) is 0 Å². The number of carbonyl (C=O) groups excluding carboxylic acids is 1. The summed E-state index contributed by atoms with van der Waals surface area (Å²) in [5, 5.41) is 25.1. The van der Waals surface area contributed by atoms with Crippen LogP contribution in [0.2, 0.25) is 0 Å². The molecule has 8 nitrogen and oxygen atoms in total. The molecule has 0 radical (unpaired) electrons. The largest absolute Gasteiger partial charge is 0.394 e. The second-order valence-electron chi connectivity index (χ2n) is 8.22. The van der Waals surface area contributed by atoms with E-state index in [0.29, 0.717) is 23.1 Å². The van der Waals surface area contributed by atoms with E-state index >= 15 is 0 Å². The molecule has 1 aliphatic carbocycles. The molecule has 1 aliphatic rings. The average molecular weight is 444 g/mol. The Hall–Kier alpha value is -3.75. The maximum absolute atomic E-state index is 12.3. The maximum atomic E-state index is 12.3. The van der Waals surface area contributed by atoms with E-state index in [-0.39, 0.29) is 19.1 Å². The first-order valence-corrected chi connectivity index (χ1v) is 11.0. The third kappa shape index (κ3) is 4.57. The van der Waals surface area contributed by atoms with Crippen LogP contribution in [-0.4, -0.2) is 55.8 Å². The first-order chi connectivity index (χ1) is 16.1. The van der Waals surface area contributed by atoms with Crippen LogP contribution in [-0.2, 0) is 0 Å². The molecule has 1 fully saturated rings. The molecule has 8 heteroatoms. The molecular formula is C25H25N5O3. The standard InChI is InChI=1S/C25H25N5O3/c31-15-20(32)12-26-23-24-27-13-22(30(24)14-21(29-23)16-4-2-1-3-5-16)17-6-8-18(9-7-17)25(33)28-19-10-11-19/h1-9,13-14,19-20,31-32H,10-12,15H2,(H,26,29)(H,28,33)/t20-/m1/s1. The highest BCUT2D eigenvalue weighted by atomic mass is 16.3. The molecule has 2 heterocycles. The number of rotatable bonds is 8. The van der Waals surface area contributed by atoms with Crippen LogP contribution >= 0.6 is 0 Å². The number of aliphatic hydroxyl groups is 2. The van der Waals surface area contributed by atoms with Crippen LogP contribution in [0.15, 0.2) is 67.0 Å². The highest BCUT2D eigenvalue weighted by Gasteiger charge is 2.23. The van der Waals surface area contributed by atoms with Gasteiger partial charge in [-0.1, -0.05) is 42.5 Å². The minimum Gasteiger partial charge on any atom is -0.394 e. The predicted molar refractivity (Wildman–Crippen MR) is 126 cm³/mol. The first-order valence-electron chi connectivity index (χ1n) is 11.0. The minimum absolute atomic E-state index is 0.0494. The molecule has 5 rings (SSSR count). The summed E-state index contributed by atoms with van der Waals surface area (Å²) < 4.78 is 1.95. The zero-order chi connectivity index (χ0) is 22.8. The summed E-state index contributed by atoms with van der Waals surface area (Å²) in [6, 6.07) is 17.6. The smallest absolute Gasteiger partial charge is 0.251 e. The van der Waals surface area contributed by atoms with E-state index < -0.39 is 6.10 Å². The SMILES string of the molecule is O=C(NC1CC1)c1ccc(-c2cnc3c(NC[C@@H](O)CO)nc(-c4ccccc4)cn23)cc1. The molecule has 33 heavy (non-hydrogen) atoms. The zero-order valence-electron chi connectivity index (χ0n) is 18.0. The molecule has 0 saturated heterocycles. The molecule has 4 N–H and O–H groups in total. The summed E-state index contributed by atoms with van der Waals surface area (Å²) >= 11 is 0. The van der Waals surface area contributed by atoms with Crippen molar-refractivity contribution in [2.24, 2.45) is 0 Å². The number of imidazole rings is 1. The number of nitrogens with one attached hydrogen (secondary N) is 2. The number of fused-ring (bicyclic) bond motifs is 1. The first kappa shape index (κ1) is 21.1. The molecule has 1 saturated carbocycles. The Bertz CT molecular complexity index is 1270. The molecule has 0 unspecified atom stereocenters. The highest BCUT2D eigenvalue weighted by Crippen LogP contribution is 2.28. The molecule has 1 amide bonds. The molecule has 168 valence electrons. The molecule has 2 aromatic carbocycles. The van der Waals surface area contributed by atoms with Gasteiger partial charge in [-0.3, -0.25) is 9.20 Å². The van der Waals surface area contributed by atoms with Crippen LogP contribution in [0.25, 0.3) is 28.2 Å². The summed E-state index contributed by atoms with van der Waals surface area (Å²) in [6.07, 6.45) is 4.88. The Labute approximate surface area is 191 Å². The lowest BCUT2D eigenvalue weighted by atomic mass is 10.1. The van der Waals surface area contributed by atoms with Gasteiger partial charge in [0.2, 0.25) is 0 Å². The second kappa shape index (κ2) is 9.01. The van der Waals surface area contributed by atoms with Crippen molar-refractivity contribution in [3.05, 3.63) is 72.6 Å². The second-order valence-corrected chi connectivity index (χ2v) is 8.22. The Balaban J connectivity index is 1.53. The van der Waals surface area contributed by atoms with Crippen molar-refractivity contribution in [3.8, 4) is 22.5 Å². The Morgan fingerprint density at radius 1 is 1.09 bits per heavy atom. The molecule has 0 spiro atoms. The zero-order valence-corrected chi connectivity index (χ0v) is 18.0. The summed E-state index contributed by atoms with van der Waals surface area (Å²) in [7, 11) is 0. The van der Waals surface area contributed by atoms with Crippen LogP contribution in [0.5, 0.6) is 0 Å². The fraction of sp³-hybridized carbons (Fsp3) is 0.240. The lowest BCUT2D eigenvalue weighted by Crippen LogP contribution is -2.25. The summed E-state index contributed by atoms with van der Waals surface area (Å²) in [4.78, 5) is 21.6. The lowest BCUT2D eigenvalue weighted by Gasteiger charge is -2.13. The number of aromatic nitrogens is 3. The van der Waals surface area contributed by atoms with Gasteiger partial charge < -0.3 is 20.8 Å². The minimum atomic E-state index is -0.906. The van der Waals surface area contributed by atoms with Crippen LogP contribution in [0.4, 0.5) is 5.82 Å². The number of hydrogen-bond donors (Lipinski definition) is 4. The normalized spacial score (nSPS) is 14.2. The topological polar surface area (TPSA) is 112 Å². The van der Waals surface area contributed by atoms with Gasteiger partial charge in [-0.05, 0) is 25.0 Å². The molecule has 0 aliphatic heterocycles. The fourth-order valence-corrected chi connectivity index (χ4v) is 3.64. The van der Waals surface area contributed by atoms with Crippen LogP contribution < -0.4 is 10.6 Å². The van der Waals surface area contributed by atoms with Gasteiger partial charge in [0, 0.05) is 35.5 Å². The van der Waals surface area contributed by atoms with E-state index in [1.807, 2.05) is 65.2 Å². The van der Waals surface area contributed by atoms with Gasteiger partial charge in [0.25, 0.3) is 5.91 Å². The van der Waals surface area contributed by atoms with Gasteiger partial charge in [-0.2, -0.15) is 0 Å². The van der Waals surface area contributed by atoms with Gasteiger partial charge >= 0.3 is 0 Å². The maximum Gasteiger partial charge on any atom is 0.251 e. The van der Waals surface area contributed by atoms with Gasteiger partial charge in [0.05, 0.1) is 30.3 Å². The van der Waals surface area contributed by atoms with E-state index in [4.69, 9.17) is 10.1 Å². The van der Waals surface area contributed by atoms with E-state index in [1.54, 1.807) is 6.20 Å². The van der Waals surface area contributed by atoms with Crippen molar-refractivity contribution < 1.29 is 15.0 Å². The van der Waals surface area contributed by atoms with Crippen molar-refractivity contribution >= 4 is 17.4 Å². The summed E-state index contributed by atoms with van der Waals surface area (Å²) in [5.74, 6) is 0.460. The number of amides is 1. The molecule has 0 bridgehead atoms. The quantitative estimate of drug-likeness (QED) is 0.333. The number of hydrogen-bond acceptors (Lipinski definition) is 6. The van der Waals surface area contributed by atoms with E-state index in [0.717, 1.165) is 35.4 Å². The third-order valence-corrected chi connectivity index (χ3v) is 5.63. The Morgan fingerprint density at radius 2 is 1.85 bits per heavy atom. The molecule has 2 aromatic heterocycles. The third-order valence-electron chi connectivity index (χ3n) is 5.63. The molecular weight excluding hydrogens is 418 g/mol. The monoisotopic (exact) mass is 443 g/mol. The van der Waals surface area contributed by atoms with Crippen molar-refractivity contribution in [2.75, 3.05) is 18.5 Å². The van der Waals surface area contributed by atoms with Gasteiger partial charge in [0.15, 0.2) is 11.5 Å². The number of carbonyl (C=O) groups is 1. The van der Waals surface area contributed by atoms with Crippen molar-refractivity contribution in [1.82, 2.24) is 19.7 Å². The van der Waals surface area contributed by atoms with E-state index in [2.05, 4.69) is 15.6 Å². The van der Waals surface area contributed by atoms with Crippen molar-refractivity contribution in [2.45, 2.75) is 25.0 Å². The number of aliphatic hydroxyl groups excluding tert-OH is 2. The van der Waals surface area contributed by atoms with Crippen molar-refractivity contribution in [1.29, 1.82) is 0 Å². The number of benzene rings is 2. The fourth-order valence-electron chi connectivity index (χ4n) is 3.64. The van der Waals surface area contributed by atoms with Crippen LogP contribution in [0.3, 0.4) is 0 Å². The van der Waals surface area contributed by atoms with Gasteiger partial charge in [-0.15, -0.1) is 0 Å². The van der Waals surface area contributed by atoms with E-state index in [9.17, 15) is 9.90 Å². The Kier molecular flexibility index (Phi) is 5.77. The van der Waals surface area contributed by atoms with Gasteiger partial charge in [0.1, 0.15) is 0 Å². The van der Waals surface area contributed by atoms with Gasteiger partial charge in [-0.25, -0.2) is 9.97 Å². The molecule has 4 aromatic rings. The number of nitrogens with zero attached hydrogens (tertiary/aromatic N) is 3. The lowest BCUT2D eigenvalue weighted by molar-refractivity contribution is 0.0951. The van der Waals surface area contributed by atoms with Crippen molar-refractivity contribution in [3.63, 3.8) is 0 Å². The molecule has 1 atom stereocenters. The van der Waals surface area contributed by atoms with Crippen LogP contribution in [0.1, 0.15) is 23.2 Å². The highest BCUT2D eigenvalue weighted by molar-refractivity contribution is 5.95. The summed E-state index contributed by atoms with van der Waals surface area (Å²) in [6.45, 7) is -0.202. The average Bonchev–Trinajstić information content (AvgIpc) is 3.57. The number of anilines is 1. The Morgan fingerprint density at radius 3 is 2.55 bits per heavy atom. The van der Waals surface area contributed by atoms with E-state index in [1.165, 1.54) is 0 Å². The predicted octanol–water partition coefficient (Wildman–Crippen LogP) is 2.72. The summed E-state index contributed by atoms with van der Waals surface area (Å²) in [5.41, 5.74) is 4.68.